The summed E-state index contributed by atoms with van der Waals surface area (Å²) < 4.78 is 22.8. The summed E-state index contributed by atoms with van der Waals surface area (Å²) in [5.74, 6) is 2.29. The van der Waals surface area contributed by atoms with Gasteiger partial charge < -0.3 is 18.9 Å². The SMILES string of the molecule is CCOC(C)Oc1ccc(C(C)(c2ccc(OC(C)OCC)cc2)C2CCCCC2)cc1. The van der Waals surface area contributed by atoms with E-state index in [1.807, 2.05) is 27.7 Å². The van der Waals surface area contributed by atoms with E-state index in [9.17, 15) is 0 Å². The third kappa shape index (κ3) is 6.05. The van der Waals surface area contributed by atoms with Crippen molar-refractivity contribution >= 4 is 0 Å². The molecule has 1 saturated carbocycles. The molecule has 2 aromatic rings. The molecule has 0 heterocycles. The molecule has 1 fully saturated rings. The number of hydrogen-bond acceptors (Lipinski definition) is 4. The highest BCUT2D eigenvalue weighted by molar-refractivity contribution is 5.43. The van der Waals surface area contributed by atoms with Crippen molar-refractivity contribution in [3.63, 3.8) is 0 Å². The lowest BCUT2D eigenvalue weighted by Gasteiger charge is -2.41. The molecule has 1 aliphatic carbocycles. The molecular weight excluding hydrogens is 400 g/mol. The van der Waals surface area contributed by atoms with Crippen molar-refractivity contribution in [1.29, 1.82) is 0 Å². The second kappa shape index (κ2) is 11.7. The largest absolute Gasteiger partial charge is 0.465 e. The molecule has 3 rings (SSSR count). The summed E-state index contributed by atoms with van der Waals surface area (Å²) in [7, 11) is 0. The molecule has 0 radical (unpaired) electrons. The average Bonchev–Trinajstić information content (AvgIpc) is 2.80. The van der Waals surface area contributed by atoms with E-state index in [4.69, 9.17) is 18.9 Å². The molecule has 2 aromatic carbocycles. The smallest absolute Gasteiger partial charge is 0.196 e. The predicted octanol–water partition coefficient (Wildman–Crippen LogP) is 7.10. The van der Waals surface area contributed by atoms with Crippen LogP contribution >= 0.6 is 0 Å². The molecular formula is C28H40O4. The normalized spacial score (nSPS) is 18.5. The van der Waals surface area contributed by atoms with Crippen molar-refractivity contribution in [3.05, 3.63) is 59.7 Å². The van der Waals surface area contributed by atoms with Crippen LogP contribution in [0.3, 0.4) is 0 Å². The summed E-state index contributed by atoms with van der Waals surface area (Å²) >= 11 is 0. The van der Waals surface area contributed by atoms with Crippen molar-refractivity contribution in [3.8, 4) is 11.5 Å². The second-order valence-electron chi connectivity index (χ2n) is 8.87. The van der Waals surface area contributed by atoms with Gasteiger partial charge in [0.25, 0.3) is 0 Å². The summed E-state index contributed by atoms with van der Waals surface area (Å²) in [5.41, 5.74) is 2.60. The molecule has 0 spiro atoms. The van der Waals surface area contributed by atoms with E-state index in [0.29, 0.717) is 19.1 Å². The van der Waals surface area contributed by atoms with E-state index in [1.54, 1.807) is 0 Å². The number of hydrogen-bond donors (Lipinski definition) is 0. The van der Waals surface area contributed by atoms with Crippen LogP contribution in [0.5, 0.6) is 11.5 Å². The van der Waals surface area contributed by atoms with Gasteiger partial charge in [0.05, 0.1) is 0 Å². The highest BCUT2D eigenvalue weighted by Gasteiger charge is 2.38. The number of rotatable bonds is 11. The Balaban J connectivity index is 1.86. The first-order chi connectivity index (χ1) is 15.5. The Morgan fingerprint density at radius 2 is 1.12 bits per heavy atom. The molecule has 2 atom stereocenters. The van der Waals surface area contributed by atoms with Gasteiger partial charge in [-0.3, -0.25) is 0 Å². The minimum absolute atomic E-state index is 0.0610. The lowest BCUT2D eigenvalue weighted by molar-refractivity contribution is -0.0616. The highest BCUT2D eigenvalue weighted by atomic mass is 16.7. The maximum absolute atomic E-state index is 5.90. The van der Waals surface area contributed by atoms with Crippen molar-refractivity contribution in [2.75, 3.05) is 13.2 Å². The van der Waals surface area contributed by atoms with Gasteiger partial charge in [-0.15, -0.1) is 0 Å². The fourth-order valence-electron chi connectivity index (χ4n) is 5.00. The van der Waals surface area contributed by atoms with Gasteiger partial charge in [-0.2, -0.15) is 0 Å². The maximum atomic E-state index is 5.90. The van der Waals surface area contributed by atoms with Crippen LogP contribution in [0.4, 0.5) is 0 Å². The molecule has 4 nitrogen and oxygen atoms in total. The van der Waals surface area contributed by atoms with E-state index in [-0.39, 0.29) is 18.0 Å². The Bertz CT molecular complexity index is 736. The Hall–Kier alpha value is -2.04. The molecule has 0 aliphatic heterocycles. The van der Waals surface area contributed by atoms with E-state index in [1.165, 1.54) is 43.2 Å². The molecule has 176 valence electrons. The van der Waals surface area contributed by atoms with Gasteiger partial charge in [-0.25, -0.2) is 0 Å². The summed E-state index contributed by atoms with van der Waals surface area (Å²) in [6, 6.07) is 17.2. The molecule has 2 unspecified atom stereocenters. The Labute approximate surface area is 194 Å². The van der Waals surface area contributed by atoms with Gasteiger partial charge in [0.1, 0.15) is 11.5 Å². The Morgan fingerprint density at radius 3 is 1.50 bits per heavy atom. The topological polar surface area (TPSA) is 36.9 Å². The van der Waals surface area contributed by atoms with Crippen molar-refractivity contribution in [1.82, 2.24) is 0 Å². The zero-order valence-electron chi connectivity index (χ0n) is 20.4. The first-order valence-corrected chi connectivity index (χ1v) is 12.2. The van der Waals surface area contributed by atoms with Crippen LogP contribution in [-0.4, -0.2) is 25.8 Å². The van der Waals surface area contributed by atoms with Crippen LogP contribution in [0.1, 0.15) is 77.8 Å². The van der Waals surface area contributed by atoms with Gasteiger partial charge in [-0.1, -0.05) is 50.5 Å². The predicted molar refractivity (Wildman–Crippen MR) is 129 cm³/mol. The molecule has 32 heavy (non-hydrogen) atoms. The van der Waals surface area contributed by atoms with Crippen LogP contribution in [0.2, 0.25) is 0 Å². The third-order valence-electron chi connectivity index (χ3n) is 6.74. The Kier molecular flexibility index (Phi) is 9.01. The van der Waals surface area contributed by atoms with Gasteiger partial charge in [-0.05, 0) is 81.8 Å². The number of benzene rings is 2. The van der Waals surface area contributed by atoms with Crippen LogP contribution in [0.25, 0.3) is 0 Å². The minimum atomic E-state index is -0.248. The van der Waals surface area contributed by atoms with Crippen LogP contribution in [0.15, 0.2) is 48.5 Å². The second-order valence-corrected chi connectivity index (χ2v) is 8.87. The Morgan fingerprint density at radius 1 is 0.719 bits per heavy atom. The fourth-order valence-corrected chi connectivity index (χ4v) is 5.00. The average molecular weight is 441 g/mol. The highest BCUT2D eigenvalue weighted by Crippen LogP contribution is 2.46. The van der Waals surface area contributed by atoms with Crippen LogP contribution < -0.4 is 9.47 Å². The van der Waals surface area contributed by atoms with E-state index >= 15 is 0 Å². The first-order valence-electron chi connectivity index (χ1n) is 12.2. The maximum Gasteiger partial charge on any atom is 0.196 e. The summed E-state index contributed by atoms with van der Waals surface area (Å²) in [5, 5.41) is 0. The summed E-state index contributed by atoms with van der Waals surface area (Å²) in [6.07, 6.45) is 5.98. The van der Waals surface area contributed by atoms with E-state index < -0.39 is 0 Å². The first kappa shape index (κ1) is 24.6. The lowest BCUT2D eigenvalue weighted by atomic mass is 9.63. The fraction of sp³-hybridized carbons (Fsp3) is 0.571. The summed E-state index contributed by atoms with van der Waals surface area (Å²) in [6.45, 7) is 11.5. The van der Waals surface area contributed by atoms with Crippen molar-refractivity contribution in [2.45, 2.75) is 84.7 Å². The lowest BCUT2D eigenvalue weighted by Crippen LogP contribution is -2.35. The minimum Gasteiger partial charge on any atom is -0.465 e. The molecule has 0 amide bonds. The third-order valence-corrected chi connectivity index (χ3v) is 6.74. The standard InChI is InChI=1S/C28H40O4/c1-6-29-21(3)31-26-17-13-24(14-18-26)28(5,23-11-9-8-10-12-23)25-15-19-27(20-16-25)32-22(4)30-7-2/h13-23H,6-12H2,1-5H3. The zero-order valence-corrected chi connectivity index (χ0v) is 20.4. The molecule has 0 N–H and O–H groups in total. The summed E-state index contributed by atoms with van der Waals surface area (Å²) in [4.78, 5) is 0. The molecule has 0 saturated heterocycles. The molecule has 0 bridgehead atoms. The van der Waals surface area contributed by atoms with Crippen molar-refractivity contribution < 1.29 is 18.9 Å². The zero-order chi connectivity index (χ0) is 23.0. The molecule has 1 aliphatic rings. The number of ether oxygens (including phenoxy) is 4. The van der Waals surface area contributed by atoms with Gasteiger partial charge in [0, 0.05) is 18.6 Å². The van der Waals surface area contributed by atoms with E-state index in [2.05, 4.69) is 55.5 Å². The van der Waals surface area contributed by atoms with Crippen molar-refractivity contribution in [2.24, 2.45) is 5.92 Å². The molecule has 4 heteroatoms. The van der Waals surface area contributed by atoms with Gasteiger partial charge in [0.15, 0.2) is 12.6 Å². The van der Waals surface area contributed by atoms with Crippen LogP contribution in [0, 0.1) is 5.92 Å². The molecule has 0 aromatic heterocycles. The van der Waals surface area contributed by atoms with Gasteiger partial charge in [0.2, 0.25) is 0 Å². The quantitative estimate of drug-likeness (QED) is 0.349. The van der Waals surface area contributed by atoms with Gasteiger partial charge >= 0.3 is 0 Å². The monoisotopic (exact) mass is 440 g/mol. The van der Waals surface area contributed by atoms with E-state index in [0.717, 1.165) is 11.5 Å². The van der Waals surface area contributed by atoms with Crippen LogP contribution in [-0.2, 0) is 14.9 Å².